The Morgan fingerprint density at radius 1 is 1.07 bits per heavy atom. The fraction of sp³-hybridized carbons (Fsp3) is 0.200. The van der Waals surface area contributed by atoms with Crippen molar-refractivity contribution >= 4 is 21.9 Å². The number of aryl methyl sites for hydroxylation is 3. The second-order valence-corrected chi connectivity index (χ2v) is 8.37. The molecule has 0 unspecified atom stereocenters. The predicted octanol–water partition coefficient (Wildman–Crippen LogP) is 2.91. The van der Waals surface area contributed by atoms with E-state index in [0.29, 0.717) is 5.95 Å². The molecule has 0 atom stereocenters. The zero-order valence-corrected chi connectivity index (χ0v) is 17.0. The van der Waals surface area contributed by atoms with Crippen molar-refractivity contribution in [2.75, 3.05) is 5.32 Å². The number of rotatable bonds is 4. The molecule has 3 rings (SSSR count). The maximum absolute atomic E-state index is 12.6. The van der Waals surface area contributed by atoms with Crippen molar-refractivity contribution < 1.29 is 13.2 Å². The third-order valence-electron chi connectivity index (χ3n) is 4.75. The summed E-state index contributed by atoms with van der Waals surface area (Å²) in [4.78, 5) is 16.7. The Kier molecular flexibility index (Phi) is 5.10. The van der Waals surface area contributed by atoms with Crippen LogP contribution in [0.5, 0.6) is 0 Å². The fourth-order valence-electron chi connectivity index (χ4n) is 3.00. The van der Waals surface area contributed by atoms with Gasteiger partial charge < -0.3 is 4.57 Å². The highest BCUT2D eigenvalue weighted by Crippen LogP contribution is 2.28. The van der Waals surface area contributed by atoms with Gasteiger partial charge >= 0.3 is 0 Å². The van der Waals surface area contributed by atoms with Crippen LogP contribution in [0, 0.1) is 20.8 Å². The van der Waals surface area contributed by atoms with Gasteiger partial charge in [0.1, 0.15) is 0 Å². The number of sulfonamides is 1. The van der Waals surface area contributed by atoms with Gasteiger partial charge in [-0.05, 0) is 61.7 Å². The number of hydrogen-bond acceptors (Lipinski definition) is 4. The number of carbonyl (C=O) groups is 1. The molecular formula is C20H22N4O3S. The van der Waals surface area contributed by atoms with E-state index < -0.39 is 15.9 Å². The first-order chi connectivity index (χ1) is 13.1. The monoisotopic (exact) mass is 398 g/mol. The highest BCUT2D eigenvalue weighted by atomic mass is 32.2. The number of imidazole rings is 1. The maximum Gasteiger partial charge on any atom is 0.258 e. The van der Waals surface area contributed by atoms with Gasteiger partial charge in [-0.15, -0.1) is 0 Å². The van der Waals surface area contributed by atoms with Crippen molar-refractivity contribution in [2.24, 2.45) is 12.2 Å². The minimum Gasteiger partial charge on any atom is -0.313 e. The second kappa shape index (κ2) is 7.21. The molecule has 0 aliphatic carbocycles. The summed E-state index contributed by atoms with van der Waals surface area (Å²) in [5, 5.41) is 7.85. The van der Waals surface area contributed by atoms with Crippen LogP contribution < -0.4 is 10.5 Å². The van der Waals surface area contributed by atoms with E-state index in [-0.39, 0.29) is 10.5 Å². The van der Waals surface area contributed by atoms with Crippen LogP contribution >= 0.6 is 0 Å². The van der Waals surface area contributed by atoms with Gasteiger partial charge in [-0.1, -0.05) is 12.1 Å². The van der Waals surface area contributed by atoms with Crippen LogP contribution in [0.1, 0.15) is 27.0 Å². The molecule has 0 bridgehead atoms. The average molecular weight is 398 g/mol. The lowest BCUT2D eigenvalue weighted by Crippen LogP contribution is -2.17. The van der Waals surface area contributed by atoms with Crippen LogP contribution in [0.4, 0.5) is 5.95 Å². The Bertz CT molecular complexity index is 1180. The van der Waals surface area contributed by atoms with Gasteiger partial charge in [0, 0.05) is 18.2 Å². The molecule has 0 fully saturated rings. The Labute approximate surface area is 164 Å². The summed E-state index contributed by atoms with van der Waals surface area (Å²) in [6.45, 7) is 6.15. The first-order valence-electron chi connectivity index (χ1n) is 8.62. The molecule has 3 aromatic rings. The number of carbonyl (C=O) groups excluding carboxylic acids is 1. The molecule has 1 aromatic heterocycles. The largest absolute Gasteiger partial charge is 0.313 e. The molecule has 28 heavy (non-hydrogen) atoms. The highest BCUT2D eigenvalue weighted by Gasteiger charge is 2.16. The first kappa shape index (κ1) is 19.8. The molecule has 0 radical (unpaired) electrons. The number of nitrogens with one attached hydrogen (secondary N) is 1. The summed E-state index contributed by atoms with van der Waals surface area (Å²) in [7, 11) is -2.07. The van der Waals surface area contributed by atoms with E-state index in [2.05, 4.69) is 36.3 Å². The third-order valence-corrected chi connectivity index (χ3v) is 5.67. The smallest absolute Gasteiger partial charge is 0.258 e. The Hall–Kier alpha value is -2.97. The van der Waals surface area contributed by atoms with Gasteiger partial charge in [-0.2, -0.15) is 0 Å². The second-order valence-electron chi connectivity index (χ2n) is 6.80. The van der Waals surface area contributed by atoms with Gasteiger partial charge in [0.15, 0.2) is 0 Å². The van der Waals surface area contributed by atoms with Gasteiger partial charge in [0.2, 0.25) is 16.0 Å². The van der Waals surface area contributed by atoms with Crippen molar-refractivity contribution in [3.63, 3.8) is 0 Å². The van der Waals surface area contributed by atoms with Crippen LogP contribution in [0.25, 0.3) is 11.3 Å². The average Bonchev–Trinajstić information content (AvgIpc) is 2.98. The molecular weight excluding hydrogens is 376 g/mol. The number of benzene rings is 2. The Morgan fingerprint density at radius 3 is 2.43 bits per heavy atom. The fourth-order valence-corrected chi connectivity index (χ4v) is 3.56. The summed E-state index contributed by atoms with van der Waals surface area (Å²) >= 11 is 0. The summed E-state index contributed by atoms with van der Waals surface area (Å²) < 4.78 is 24.8. The number of primary sulfonamides is 1. The quantitative estimate of drug-likeness (QED) is 0.704. The van der Waals surface area contributed by atoms with E-state index in [1.807, 2.05) is 14.0 Å². The van der Waals surface area contributed by atoms with Gasteiger partial charge in [0.25, 0.3) is 5.91 Å². The molecule has 7 nitrogen and oxygen atoms in total. The molecule has 3 N–H and O–H groups in total. The molecule has 8 heteroatoms. The normalized spacial score (nSPS) is 11.5. The summed E-state index contributed by atoms with van der Waals surface area (Å²) in [6.07, 6.45) is 1.70. The number of aromatic nitrogens is 2. The Balaban J connectivity index is 1.92. The summed E-state index contributed by atoms with van der Waals surface area (Å²) in [6, 6.07) is 9.78. The van der Waals surface area contributed by atoms with Crippen LogP contribution in [0.15, 0.2) is 47.5 Å². The lowest BCUT2D eigenvalue weighted by atomic mass is 9.99. The van der Waals surface area contributed by atoms with E-state index in [1.54, 1.807) is 10.8 Å². The van der Waals surface area contributed by atoms with E-state index >= 15 is 0 Å². The zero-order valence-electron chi connectivity index (χ0n) is 16.1. The molecule has 0 saturated heterocycles. The van der Waals surface area contributed by atoms with Crippen LogP contribution in [0.2, 0.25) is 0 Å². The summed E-state index contributed by atoms with van der Waals surface area (Å²) in [5.41, 5.74) is 5.59. The minimum atomic E-state index is -3.89. The molecule has 2 aromatic carbocycles. The predicted molar refractivity (Wildman–Crippen MR) is 109 cm³/mol. The van der Waals surface area contributed by atoms with Crippen LogP contribution in [0.3, 0.4) is 0 Å². The standard InChI is InChI=1S/C20H22N4O3S/c1-12-8-14(3)17(9-13(12)2)18-11-22-20(24(18)4)23-19(25)15-6-5-7-16(10-15)28(21,26)27/h5-11H,1-4H3,(H2,21,26,27)(H,22,23,25). The molecule has 0 aliphatic heterocycles. The topological polar surface area (TPSA) is 107 Å². The number of anilines is 1. The van der Waals surface area contributed by atoms with Gasteiger partial charge in [0.05, 0.1) is 16.8 Å². The van der Waals surface area contributed by atoms with E-state index in [1.165, 1.54) is 35.4 Å². The van der Waals surface area contributed by atoms with Gasteiger partial charge in [-0.25, -0.2) is 18.5 Å². The minimum absolute atomic E-state index is 0.119. The molecule has 1 amide bonds. The molecule has 0 saturated carbocycles. The van der Waals surface area contributed by atoms with Crippen molar-refractivity contribution in [1.29, 1.82) is 0 Å². The first-order valence-corrected chi connectivity index (χ1v) is 10.2. The summed E-state index contributed by atoms with van der Waals surface area (Å²) in [5.74, 6) is -0.110. The van der Waals surface area contributed by atoms with Gasteiger partial charge in [-0.3, -0.25) is 10.1 Å². The Morgan fingerprint density at radius 2 is 1.75 bits per heavy atom. The third kappa shape index (κ3) is 3.83. The lowest BCUT2D eigenvalue weighted by Gasteiger charge is -2.12. The number of nitrogens with zero attached hydrogens (tertiary/aromatic N) is 2. The highest BCUT2D eigenvalue weighted by molar-refractivity contribution is 7.89. The van der Waals surface area contributed by atoms with Crippen molar-refractivity contribution in [3.05, 3.63) is 64.8 Å². The van der Waals surface area contributed by atoms with E-state index in [9.17, 15) is 13.2 Å². The zero-order chi connectivity index (χ0) is 20.6. The molecule has 0 aliphatic rings. The van der Waals surface area contributed by atoms with Crippen LogP contribution in [-0.4, -0.2) is 23.9 Å². The molecule has 1 heterocycles. The van der Waals surface area contributed by atoms with E-state index in [4.69, 9.17) is 5.14 Å². The van der Waals surface area contributed by atoms with Crippen molar-refractivity contribution in [1.82, 2.24) is 9.55 Å². The molecule has 146 valence electrons. The van der Waals surface area contributed by atoms with E-state index in [0.717, 1.165) is 16.8 Å². The lowest BCUT2D eigenvalue weighted by molar-refractivity contribution is 0.102. The number of hydrogen-bond donors (Lipinski definition) is 2. The maximum atomic E-state index is 12.6. The number of amides is 1. The van der Waals surface area contributed by atoms with Crippen LogP contribution in [-0.2, 0) is 17.1 Å². The number of nitrogens with two attached hydrogens (primary N) is 1. The van der Waals surface area contributed by atoms with Crippen molar-refractivity contribution in [2.45, 2.75) is 25.7 Å². The SMILES string of the molecule is Cc1cc(C)c(-c2cnc(NC(=O)c3cccc(S(N)(=O)=O)c3)n2C)cc1C. The van der Waals surface area contributed by atoms with Crippen molar-refractivity contribution in [3.8, 4) is 11.3 Å². The molecule has 0 spiro atoms.